The zero-order valence-electron chi connectivity index (χ0n) is 8.68. The molecule has 0 bridgehead atoms. The summed E-state index contributed by atoms with van der Waals surface area (Å²) in [6.45, 7) is -0.468. The number of carbonyl (C=O) groups excluding carboxylic acids is 1. The van der Waals surface area contributed by atoms with Crippen LogP contribution in [-0.2, 0) is 6.42 Å². The predicted octanol–water partition coefficient (Wildman–Crippen LogP) is 2.60. The Hall–Kier alpha value is -1.60. The maximum Gasteiger partial charge on any atom is 0.673 e. The Kier molecular flexibility index (Phi) is 6.23. The Balaban J connectivity index is 0.000000437. The molecule has 0 unspecified atom stereocenters. The smallest absolute Gasteiger partial charge is 0.418 e. The van der Waals surface area contributed by atoms with Crippen LogP contribution in [0, 0.1) is 0 Å². The second-order valence-electron chi connectivity index (χ2n) is 2.96. The van der Waals surface area contributed by atoms with Crippen molar-refractivity contribution in [2.24, 2.45) is 5.73 Å². The summed E-state index contributed by atoms with van der Waals surface area (Å²) in [4.78, 5) is 10.8. The number of amides is 1. The van der Waals surface area contributed by atoms with Crippen LogP contribution in [0.3, 0.4) is 0 Å². The fourth-order valence-corrected chi connectivity index (χ4v) is 1.08. The van der Waals surface area contributed by atoms with Gasteiger partial charge in [-0.2, -0.15) is 0 Å². The minimum absolute atomic E-state index is 0.249. The summed E-state index contributed by atoms with van der Waals surface area (Å²) in [7, 11) is -6.00. The van der Waals surface area contributed by atoms with Crippen LogP contribution in [0.15, 0.2) is 24.3 Å². The third-order valence-corrected chi connectivity index (χ3v) is 1.65. The molecule has 1 rings (SSSR count). The van der Waals surface area contributed by atoms with Gasteiger partial charge in [0.25, 0.3) is 0 Å². The number of aryl methyl sites for hydroxylation is 1. The van der Waals surface area contributed by atoms with Gasteiger partial charge in [-0.25, -0.2) is 0 Å². The van der Waals surface area contributed by atoms with E-state index in [4.69, 9.17) is 5.73 Å². The van der Waals surface area contributed by atoms with Crippen molar-refractivity contribution < 1.29 is 26.4 Å². The van der Waals surface area contributed by atoms with Crippen molar-refractivity contribution in [1.82, 2.24) is 0 Å². The van der Waals surface area contributed by atoms with Gasteiger partial charge in [0.1, 0.15) is 0 Å². The van der Waals surface area contributed by atoms with Crippen molar-refractivity contribution in [2.45, 2.75) is 6.42 Å². The van der Waals surface area contributed by atoms with E-state index in [0.717, 1.165) is 0 Å². The lowest BCUT2D eigenvalue weighted by atomic mass is 10.1. The summed E-state index contributed by atoms with van der Waals surface area (Å²) in [5.41, 5.74) is 6.17. The molecule has 96 valence electrons. The quantitative estimate of drug-likeness (QED) is 0.653. The minimum Gasteiger partial charge on any atom is -0.418 e. The summed E-state index contributed by atoms with van der Waals surface area (Å²) < 4.78 is 51.0. The standard InChI is InChI=1S/C9H10FNO.BF4/c10-6-5-7-3-1-2-4-8(7)9(11)12;2-1(3,4)5/h1-4H,5-6H2,(H2,11,12);/q;-1. The van der Waals surface area contributed by atoms with Gasteiger partial charge in [-0.05, 0) is 11.6 Å². The summed E-state index contributed by atoms with van der Waals surface area (Å²) in [6, 6.07) is 6.78. The van der Waals surface area contributed by atoms with Crippen LogP contribution >= 0.6 is 0 Å². The van der Waals surface area contributed by atoms with E-state index < -0.39 is 19.8 Å². The van der Waals surface area contributed by atoms with Crippen molar-refractivity contribution in [2.75, 3.05) is 6.67 Å². The lowest BCUT2D eigenvalue weighted by Gasteiger charge is -2.02. The normalized spacial score (nSPS) is 10.4. The first-order valence-corrected chi connectivity index (χ1v) is 4.56. The molecule has 0 spiro atoms. The van der Waals surface area contributed by atoms with E-state index >= 15 is 0 Å². The first kappa shape index (κ1) is 15.4. The molecule has 0 aliphatic rings. The molecule has 1 aromatic carbocycles. The van der Waals surface area contributed by atoms with Crippen LogP contribution in [0.25, 0.3) is 0 Å². The molecule has 0 saturated heterocycles. The van der Waals surface area contributed by atoms with E-state index in [-0.39, 0.29) is 6.42 Å². The number of carbonyl (C=O) groups is 1. The SMILES string of the molecule is F[B-](F)(F)F.NC(=O)c1ccccc1CCF. The maximum absolute atomic E-state index is 12.0. The molecule has 1 aromatic rings. The van der Waals surface area contributed by atoms with Gasteiger partial charge in [0.2, 0.25) is 5.91 Å². The average Bonchev–Trinajstić information content (AvgIpc) is 2.16. The molecule has 0 aliphatic heterocycles. The number of primary amides is 1. The van der Waals surface area contributed by atoms with Gasteiger partial charge < -0.3 is 23.0 Å². The van der Waals surface area contributed by atoms with Crippen molar-refractivity contribution in [3.63, 3.8) is 0 Å². The number of alkyl halides is 1. The second kappa shape index (κ2) is 6.87. The summed E-state index contributed by atoms with van der Waals surface area (Å²) in [5.74, 6) is -0.501. The molecular formula is C9H10BF5NO-. The fourth-order valence-electron chi connectivity index (χ4n) is 1.08. The van der Waals surface area contributed by atoms with Gasteiger partial charge in [-0.3, -0.25) is 9.18 Å². The zero-order valence-corrected chi connectivity index (χ0v) is 8.68. The largest absolute Gasteiger partial charge is 0.673 e. The molecular weight excluding hydrogens is 244 g/mol. The molecule has 0 saturated carbocycles. The Morgan fingerprint density at radius 2 is 1.65 bits per heavy atom. The van der Waals surface area contributed by atoms with Crippen molar-refractivity contribution in [1.29, 1.82) is 0 Å². The molecule has 0 heterocycles. The molecule has 17 heavy (non-hydrogen) atoms. The number of nitrogens with two attached hydrogens (primary N) is 1. The zero-order chi connectivity index (χ0) is 13.5. The van der Waals surface area contributed by atoms with Crippen molar-refractivity contribution in [3.8, 4) is 0 Å². The molecule has 0 aromatic heterocycles. The van der Waals surface area contributed by atoms with E-state index in [1.54, 1.807) is 24.3 Å². The van der Waals surface area contributed by atoms with Crippen LogP contribution in [0.1, 0.15) is 15.9 Å². The highest BCUT2D eigenvalue weighted by atomic mass is 19.5. The lowest BCUT2D eigenvalue weighted by molar-refractivity contribution is 0.0999. The topological polar surface area (TPSA) is 43.1 Å². The minimum atomic E-state index is -6.00. The number of hydrogen-bond acceptors (Lipinski definition) is 1. The highest BCUT2D eigenvalue weighted by Gasteiger charge is 2.20. The molecule has 2 nitrogen and oxygen atoms in total. The number of hydrogen-bond donors (Lipinski definition) is 1. The van der Waals surface area contributed by atoms with Gasteiger partial charge in [-0.15, -0.1) is 0 Å². The van der Waals surface area contributed by atoms with Crippen LogP contribution in [0.4, 0.5) is 21.7 Å². The van der Waals surface area contributed by atoms with E-state index in [1.807, 2.05) is 0 Å². The Morgan fingerprint density at radius 1 is 1.18 bits per heavy atom. The second-order valence-corrected chi connectivity index (χ2v) is 2.96. The Labute approximate surface area is 94.7 Å². The van der Waals surface area contributed by atoms with E-state index in [9.17, 15) is 26.4 Å². The molecule has 0 radical (unpaired) electrons. The summed E-state index contributed by atoms with van der Waals surface area (Å²) in [6.07, 6.45) is 0.249. The Morgan fingerprint density at radius 3 is 2.06 bits per heavy atom. The van der Waals surface area contributed by atoms with Crippen molar-refractivity contribution in [3.05, 3.63) is 35.4 Å². The van der Waals surface area contributed by atoms with E-state index in [0.29, 0.717) is 11.1 Å². The first-order valence-electron chi connectivity index (χ1n) is 4.56. The monoisotopic (exact) mass is 254 g/mol. The van der Waals surface area contributed by atoms with Crippen LogP contribution < -0.4 is 5.73 Å². The van der Waals surface area contributed by atoms with Gasteiger partial charge in [-0.1, -0.05) is 18.2 Å². The lowest BCUT2D eigenvalue weighted by Crippen LogP contribution is -2.13. The highest BCUT2D eigenvalue weighted by molar-refractivity contribution is 6.50. The Bertz CT molecular complexity index is 363. The van der Waals surface area contributed by atoms with Crippen LogP contribution in [0.2, 0.25) is 0 Å². The van der Waals surface area contributed by atoms with Gasteiger partial charge in [0, 0.05) is 12.0 Å². The molecule has 8 heteroatoms. The molecule has 0 fully saturated rings. The predicted molar refractivity (Wildman–Crippen MR) is 54.8 cm³/mol. The summed E-state index contributed by atoms with van der Waals surface area (Å²) in [5, 5.41) is 0. The third-order valence-electron chi connectivity index (χ3n) is 1.65. The number of rotatable bonds is 3. The number of halogens is 5. The molecule has 2 N–H and O–H groups in total. The molecule has 0 aliphatic carbocycles. The highest BCUT2D eigenvalue weighted by Crippen LogP contribution is 2.08. The van der Waals surface area contributed by atoms with Crippen LogP contribution in [0.5, 0.6) is 0 Å². The van der Waals surface area contributed by atoms with Gasteiger partial charge >= 0.3 is 7.25 Å². The van der Waals surface area contributed by atoms with Gasteiger partial charge in [0.15, 0.2) is 0 Å². The third kappa shape index (κ3) is 8.24. The summed E-state index contributed by atoms with van der Waals surface area (Å²) >= 11 is 0. The fraction of sp³-hybridized carbons (Fsp3) is 0.222. The van der Waals surface area contributed by atoms with Gasteiger partial charge in [0.05, 0.1) is 6.67 Å². The molecule has 1 amide bonds. The van der Waals surface area contributed by atoms with Crippen molar-refractivity contribution >= 4 is 13.2 Å². The average molecular weight is 254 g/mol. The number of benzene rings is 1. The molecule has 0 atom stereocenters. The van der Waals surface area contributed by atoms with E-state index in [1.165, 1.54) is 0 Å². The first-order chi connectivity index (χ1) is 7.75. The maximum atomic E-state index is 12.0. The van der Waals surface area contributed by atoms with Crippen LogP contribution in [-0.4, -0.2) is 19.8 Å². The van der Waals surface area contributed by atoms with E-state index in [2.05, 4.69) is 0 Å².